The van der Waals surface area contributed by atoms with Gasteiger partial charge in [0.2, 0.25) is 0 Å². The number of hydrogen-bond donors (Lipinski definition) is 4. The third-order valence-corrected chi connectivity index (χ3v) is 7.62. The Balaban J connectivity index is 1.89. The van der Waals surface area contributed by atoms with Crippen molar-refractivity contribution < 1.29 is 15.0 Å². The first-order valence-electron chi connectivity index (χ1n) is 9.43. The summed E-state index contributed by atoms with van der Waals surface area (Å²) in [5.74, 6) is 7.29. The number of hydrogen-bond acceptors (Lipinski definition) is 3. The normalized spacial score (nSPS) is 45.3. The average Bonchev–Trinajstić information content (AvgIpc) is 2.97. The van der Waals surface area contributed by atoms with Gasteiger partial charge >= 0.3 is 5.97 Å². The Morgan fingerprint density at radius 3 is 2.85 bits per heavy atom. The molecule has 2 fully saturated rings. The lowest BCUT2D eigenvalue weighted by Gasteiger charge is -2.55. The number of nitrogens with one attached hydrogen (secondary N) is 2. The lowest BCUT2D eigenvalue weighted by Crippen LogP contribution is -2.57. The maximum Gasteiger partial charge on any atom is 0.334 e. The molecule has 1 aliphatic heterocycles. The second-order valence-electron chi connectivity index (χ2n) is 8.46. The molecule has 4 bridgehead atoms. The van der Waals surface area contributed by atoms with Gasteiger partial charge in [0.25, 0.3) is 0 Å². The number of aliphatic carboxylic acids is 1. The summed E-state index contributed by atoms with van der Waals surface area (Å²) in [6.07, 6.45) is 1.32. The van der Waals surface area contributed by atoms with Gasteiger partial charge in [-0.1, -0.05) is 25.7 Å². The highest BCUT2D eigenvalue weighted by Crippen LogP contribution is 2.73. The van der Waals surface area contributed by atoms with E-state index >= 15 is 0 Å². The molecule has 0 aromatic carbocycles. The molecule has 0 amide bonds. The Morgan fingerprint density at radius 2 is 2.15 bits per heavy atom. The van der Waals surface area contributed by atoms with Crippen LogP contribution in [0.4, 0.5) is 0 Å². The summed E-state index contributed by atoms with van der Waals surface area (Å²) in [5.41, 5.74) is 0.767. The van der Waals surface area contributed by atoms with Crippen molar-refractivity contribution in [3.63, 3.8) is 0 Å². The number of carbonyl (C=O) groups is 1. The van der Waals surface area contributed by atoms with E-state index < -0.39 is 12.1 Å². The largest absolute Gasteiger partial charge is 0.478 e. The van der Waals surface area contributed by atoms with Gasteiger partial charge in [0.1, 0.15) is 0 Å². The Hall–Kier alpha value is -2.00. The molecule has 0 saturated heterocycles. The number of carboxylic acids is 1. The predicted octanol–water partition coefficient (Wildman–Crippen LogP) is 0.983. The van der Waals surface area contributed by atoms with Crippen molar-refractivity contribution in [2.45, 2.75) is 39.2 Å². The number of aliphatic imine (C=N–C) groups is 1. The van der Waals surface area contributed by atoms with Gasteiger partial charge in [0.05, 0.1) is 18.2 Å². The summed E-state index contributed by atoms with van der Waals surface area (Å²) < 4.78 is 0. The quantitative estimate of drug-likeness (QED) is 0.525. The first-order chi connectivity index (χ1) is 12.3. The fourth-order valence-corrected chi connectivity index (χ4v) is 6.53. The second kappa shape index (κ2) is 5.75. The van der Waals surface area contributed by atoms with Crippen LogP contribution in [-0.4, -0.2) is 48.4 Å². The van der Waals surface area contributed by atoms with E-state index in [4.69, 9.17) is 0 Å². The van der Waals surface area contributed by atoms with Crippen LogP contribution in [-0.2, 0) is 4.79 Å². The maximum absolute atomic E-state index is 11.9. The molecule has 1 spiro atoms. The summed E-state index contributed by atoms with van der Waals surface area (Å²) in [7, 11) is 1.74. The fourth-order valence-electron chi connectivity index (χ4n) is 6.53. The lowest BCUT2D eigenvalue weighted by molar-refractivity contribution is -0.133. The molecule has 6 nitrogen and oxygen atoms in total. The minimum Gasteiger partial charge on any atom is -0.478 e. The molecule has 6 heteroatoms. The van der Waals surface area contributed by atoms with Crippen LogP contribution in [0.15, 0.2) is 16.1 Å². The average molecular weight is 357 g/mol. The van der Waals surface area contributed by atoms with E-state index in [1.807, 2.05) is 0 Å². The van der Waals surface area contributed by atoms with Crippen molar-refractivity contribution in [1.29, 1.82) is 0 Å². The van der Waals surface area contributed by atoms with Crippen LogP contribution < -0.4 is 10.6 Å². The number of nitrogens with zero attached hydrogens (tertiary/aromatic N) is 1. The highest BCUT2D eigenvalue weighted by atomic mass is 16.4. The third kappa shape index (κ3) is 2.04. The zero-order valence-electron chi connectivity index (χ0n) is 15.6. The standard InChI is InChI=1S/C20H27N3O3/c1-11-7-12-5-4-6-22-18(21-3)23-10-19(2)13(12)8-14-16(17(25)26)15(24)9-20(11,14)19/h11-13,15,24H,6-10H2,1-3H3,(H,25,26)(H2,21,22,23)/t11-,12-,13+,15+,19-,20+/m1/s1. The molecule has 0 aromatic heterocycles. The van der Waals surface area contributed by atoms with Crippen molar-refractivity contribution in [3.05, 3.63) is 11.1 Å². The van der Waals surface area contributed by atoms with Gasteiger partial charge in [-0.05, 0) is 42.1 Å². The fraction of sp³-hybridized carbons (Fsp3) is 0.700. The SMILES string of the molecule is CN=C1NCC#C[C@@H]2C[C@@H](C)[C@@]34C[C@H](O)C(C(=O)O)=C3C[C@@H]2[C@@]4(C)CN1. The van der Waals surface area contributed by atoms with Gasteiger partial charge in [-0.25, -0.2) is 4.79 Å². The number of guanidine groups is 1. The van der Waals surface area contributed by atoms with Crippen molar-refractivity contribution >= 4 is 11.9 Å². The zero-order valence-corrected chi connectivity index (χ0v) is 15.6. The Morgan fingerprint density at radius 1 is 1.38 bits per heavy atom. The van der Waals surface area contributed by atoms with Gasteiger partial charge in [-0.3, -0.25) is 4.99 Å². The molecule has 4 N–H and O–H groups in total. The molecule has 3 aliphatic carbocycles. The first kappa shape index (κ1) is 17.4. The number of carboxylic acid groups (broad SMARTS) is 1. The van der Waals surface area contributed by atoms with E-state index in [1.54, 1.807) is 7.05 Å². The van der Waals surface area contributed by atoms with Crippen molar-refractivity contribution in [2.75, 3.05) is 20.1 Å². The van der Waals surface area contributed by atoms with Gasteiger partial charge in [0.15, 0.2) is 5.96 Å². The molecule has 26 heavy (non-hydrogen) atoms. The predicted molar refractivity (Wildman–Crippen MR) is 98.3 cm³/mol. The van der Waals surface area contributed by atoms with Crippen LogP contribution in [0, 0.1) is 40.4 Å². The van der Waals surface area contributed by atoms with Gasteiger partial charge in [-0.15, -0.1) is 0 Å². The van der Waals surface area contributed by atoms with Crippen LogP contribution in [0.25, 0.3) is 0 Å². The highest BCUT2D eigenvalue weighted by molar-refractivity contribution is 5.90. The molecule has 6 atom stereocenters. The van der Waals surface area contributed by atoms with Crippen LogP contribution in [0.5, 0.6) is 0 Å². The molecule has 4 rings (SSSR count). The second-order valence-corrected chi connectivity index (χ2v) is 8.46. The van der Waals surface area contributed by atoms with E-state index in [2.05, 4.69) is 41.3 Å². The van der Waals surface area contributed by atoms with Crippen molar-refractivity contribution in [3.8, 4) is 11.8 Å². The van der Waals surface area contributed by atoms with E-state index in [1.165, 1.54) is 0 Å². The minimum atomic E-state index is -0.969. The third-order valence-electron chi connectivity index (χ3n) is 7.62. The van der Waals surface area contributed by atoms with Crippen LogP contribution in [0.3, 0.4) is 0 Å². The Labute approximate surface area is 154 Å². The van der Waals surface area contributed by atoms with Crippen molar-refractivity contribution in [2.24, 2.45) is 33.6 Å². The Bertz CT molecular complexity index is 777. The maximum atomic E-state index is 11.9. The van der Waals surface area contributed by atoms with E-state index in [9.17, 15) is 15.0 Å². The number of aliphatic hydroxyl groups is 1. The summed E-state index contributed by atoms with van der Waals surface area (Å²) >= 11 is 0. The van der Waals surface area contributed by atoms with Crippen molar-refractivity contribution in [1.82, 2.24) is 10.6 Å². The monoisotopic (exact) mass is 357 g/mol. The number of allylic oxidation sites excluding steroid dienone is 1. The summed E-state index contributed by atoms with van der Waals surface area (Å²) in [6, 6.07) is 0. The molecule has 1 heterocycles. The van der Waals surface area contributed by atoms with Gasteiger partial charge < -0.3 is 20.8 Å². The van der Waals surface area contributed by atoms with Crippen LogP contribution in [0.2, 0.25) is 0 Å². The van der Waals surface area contributed by atoms with Crippen LogP contribution >= 0.6 is 0 Å². The molecule has 0 unspecified atom stereocenters. The highest BCUT2D eigenvalue weighted by Gasteiger charge is 2.70. The smallest absolute Gasteiger partial charge is 0.334 e. The molecule has 140 valence electrons. The first-order valence-corrected chi connectivity index (χ1v) is 9.43. The summed E-state index contributed by atoms with van der Waals surface area (Å²) in [4.78, 5) is 16.2. The summed E-state index contributed by atoms with van der Waals surface area (Å²) in [6.45, 7) is 5.73. The number of rotatable bonds is 1. The lowest BCUT2D eigenvalue weighted by atomic mass is 9.49. The van der Waals surface area contributed by atoms with E-state index in [-0.39, 0.29) is 28.2 Å². The van der Waals surface area contributed by atoms with Gasteiger partial charge in [-0.2, -0.15) is 0 Å². The van der Waals surface area contributed by atoms with E-state index in [0.717, 1.165) is 24.4 Å². The van der Waals surface area contributed by atoms with E-state index in [0.29, 0.717) is 25.4 Å². The van der Waals surface area contributed by atoms with Gasteiger partial charge in [0, 0.05) is 24.9 Å². The minimum absolute atomic E-state index is 0.174. The molecule has 0 radical (unpaired) electrons. The molecule has 0 aromatic rings. The molecular formula is C20H27N3O3. The molecular weight excluding hydrogens is 330 g/mol. The molecule has 2 saturated carbocycles. The van der Waals surface area contributed by atoms with Crippen LogP contribution in [0.1, 0.15) is 33.1 Å². The molecule has 4 aliphatic rings. The Kier molecular flexibility index (Phi) is 3.85. The topological polar surface area (TPSA) is 94.0 Å². The number of aliphatic hydroxyl groups excluding tert-OH is 1. The summed E-state index contributed by atoms with van der Waals surface area (Å²) in [5, 5.41) is 27.0. The zero-order chi connectivity index (χ0) is 18.7.